The Morgan fingerprint density at radius 1 is 1.46 bits per heavy atom. The topological polar surface area (TPSA) is 76.4 Å². The number of rotatable bonds is 8. The number of nitrogens with zero attached hydrogens (tertiary/aromatic N) is 2. The first kappa shape index (κ1) is 16.7. The van der Waals surface area contributed by atoms with Crippen molar-refractivity contribution >= 4 is 5.91 Å². The maximum atomic E-state index is 12.2. The molecule has 1 aliphatic carbocycles. The molecule has 24 heavy (non-hydrogen) atoms. The molecule has 1 aliphatic rings. The van der Waals surface area contributed by atoms with E-state index in [0.717, 1.165) is 11.3 Å². The average Bonchev–Trinajstić information content (AvgIpc) is 3.27. The molecule has 0 spiro atoms. The average molecular weight is 329 g/mol. The van der Waals surface area contributed by atoms with E-state index < -0.39 is 6.10 Å². The van der Waals surface area contributed by atoms with E-state index >= 15 is 0 Å². The second kappa shape index (κ2) is 7.59. The van der Waals surface area contributed by atoms with E-state index in [-0.39, 0.29) is 19.1 Å². The molecule has 0 saturated heterocycles. The van der Waals surface area contributed by atoms with Gasteiger partial charge in [0, 0.05) is 19.3 Å². The summed E-state index contributed by atoms with van der Waals surface area (Å²) in [7, 11) is 0. The van der Waals surface area contributed by atoms with E-state index in [4.69, 9.17) is 4.74 Å². The molecule has 1 unspecified atom stereocenters. The third kappa shape index (κ3) is 4.43. The van der Waals surface area contributed by atoms with E-state index in [1.54, 1.807) is 10.9 Å². The first-order chi connectivity index (χ1) is 11.6. The van der Waals surface area contributed by atoms with Gasteiger partial charge >= 0.3 is 0 Å². The van der Waals surface area contributed by atoms with Gasteiger partial charge < -0.3 is 15.2 Å². The van der Waals surface area contributed by atoms with Crippen molar-refractivity contribution in [1.29, 1.82) is 0 Å². The van der Waals surface area contributed by atoms with Crippen LogP contribution < -0.4 is 5.32 Å². The van der Waals surface area contributed by atoms with Gasteiger partial charge in [0.05, 0.1) is 30.2 Å². The maximum Gasteiger partial charge on any atom is 0.254 e. The van der Waals surface area contributed by atoms with Gasteiger partial charge in [0.1, 0.15) is 0 Å². The number of carbonyl (C=O) groups excluding carboxylic acids is 1. The molecule has 128 valence electrons. The molecule has 1 amide bonds. The quantitative estimate of drug-likeness (QED) is 0.773. The van der Waals surface area contributed by atoms with Crippen molar-refractivity contribution in [1.82, 2.24) is 15.1 Å². The molecule has 6 nitrogen and oxygen atoms in total. The number of benzene rings is 1. The van der Waals surface area contributed by atoms with Crippen LogP contribution in [0.2, 0.25) is 0 Å². The molecule has 0 radical (unpaired) electrons. The Bertz CT molecular complexity index is 694. The number of aryl methyl sites for hydroxylation is 1. The normalized spacial score (nSPS) is 15.2. The molecule has 1 heterocycles. The number of aromatic nitrogens is 2. The van der Waals surface area contributed by atoms with Crippen molar-refractivity contribution in [2.45, 2.75) is 25.9 Å². The molecule has 0 bridgehead atoms. The third-order valence-electron chi connectivity index (χ3n) is 4.07. The van der Waals surface area contributed by atoms with E-state index in [1.807, 2.05) is 31.2 Å². The summed E-state index contributed by atoms with van der Waals surface area (Å²) in [5.41, 5.74) is 2.48. The molecule has 1 aromatic heterocycles. The molecular weight excluding hydrogens is 306 g/mol. The van der Waals surface area contributed by atoms with Crippen LogP contribution in [0, 0.1) is 12.8 Å². The minimum absolute atomic E-state index is 0.166. The summed E-state index contributed by atoms with van der Waals surface area (Å²) in [6.45, 7) is 3.11. The fourth-order valence-corrected chi connectivity index (χ4v) is 2.42. The summed E-state index contributed by atoms with van der Waals surface area (Å²) in [6.07, 6.45) is 4.96. The lowest BCUT2D eigenvalue weighted by Crippen LogP contribution is -2.34. The Hall–Kier alpha value is -2.18. The first-order valence-electron chi connectivity index (χ1n) is 8.28. The van der Waals surface area contributed by atoms with Crippen LogP contribution in [-0.4, -0.2) is 46.7 Å². The summed E-state index contributed by atoms with van der Waals surface area (Å²) in [5.74, 6) is 0.412. The number of para-hydroxylation sites is 1. The SMILES string of the molecule is Cc1ccccc1-n1cc(C(=O)NCC(O)COCC2CC2)cn1. The number of nitrogens with one attached hydrogen (secondary N) is 1. The van der Waals surface area contributed by atoms with Gasteiger partial charge in [-0.1, -0.05) is 18.2 Å². The minimum Gasteiger partial charge on any atom is -0.389 e. The first-order valence-corrected chi connectivity index (χ1v) is 8.28. The van der Waals surface area contributed by atoms with Gasteiger partial charge in [-0.3, -0.25) is 4.79 Å². The predicted octanol–water partition coefficient (Wildman–Crippen LogP) is 1.70. The van der Waals surface area contributed by atoms with Gasteiger partial charge in [0.25, 0.3) is 5.91 Å². The van der Waals surface area contributed by atoms with E-state index in [0.29, 0.717) is 18.1 Å². The zero-order valence-corrected chi connectivity index (χ0v) is 13.8. The highest BCUT2D eigenvalue weighted by Gasteiger charge is 2.21. The highest BCUT2D eigenvalue weighted by molar-refractivity contribution is 5.93. The van der Waals surface area contributed by atoms with Crippen LogP contribution in [-0.2, 0) is 4.74 Å². The lowest BCUT2D eigenvalue weighted by atomic mass is 10.2. The molecule has 1 atom stereocenters. The summed E-state index contributed by atoms with van der Waals surface area (Å²) in [4.78, 5) is 12.2. The number of hydrogen-bond acceptors (Lipinski definition) is 4. The molecule has 1 saturated carbocycles. The van der Waals surface area contributed by atoms with Crippen LogP contribution >= 0.6 is 0 Å². The third-order valence-corrected chi connectivity index (χ3v) is 4.07. The predicted molar refractivity (Wildman–Crippen MR) is 90.2 cm³/mol. The summed E-state index contributed by atoms with van der Waals surface area (Å²) in [6, 6.07) is 7.84. The second-order valence-electron chi connectivity index (χ2n) is 6.30. The smallest absolute Gasteiger partial charge is 0.254 e. The standard InChI is InChI=1S/C18H23N3O3/c1-13-4-2-3-5-17(13)21-10-15(8-20-21)18(23)19-9-16(22)12-24-11-14-6-7-14/h2-5,8,10,14,16,22H,6-7,9,11-12H2,1H3,(H,19,23). The molecule has 0 aliphatic heterocycles. The largest absolute Gasteiger partial charge is 0.389 e. The molecule has 1 aromatic carbocycles. The van der Waals surface area contributed by atoms with E-state index in [2.05, 4.69) is 10.4 Å². The van der Waals surface area contributed by atoms with Gasteiger partial charge in [-0.25, -0.2) is 4.68 Å². The zero-order valence-electron chi connectivity index (χ0n) is 13.8. The van der Waals surface area contributed by atoms with Crippen molar-refractivity contribution in [2.75, 3.05) is 19.8 Å². The summed E-state index contributed by atoms with van der Waals surface area (Å²) < 4.78 is 7.09. The lowest BCUT2D eigenvalue weighted by molar-refractivity contribution is 0.0320. The van der Waals surface area contributed by atoms with Crippen LogP contribution in [0.1, 0.15) is 28.8 Å². The number of ether oxygens (including phenoxy) is 1. The van der Waals surface area contributed by atoms with Crippen molar-refractivity contribution in [3.63, 3.8) is 0 Å². The van der Waals surface area contributed by atoms with Gasteiger partial charge in [0.2, 0.25) is 0 Å². The Labute approximate surface area is 141 Å². The van der Waals surface area contributed by atoms with E-state index in [9.17, 15) is 9.90 Å². The number of aliphatic hydroxyl groups excluding tert-OH is 1. The highest BCUT2D eigenvalue weighted by Crippen LogP contribution is 2.28. The monoisotopic (exact) mass is 329 g/mol. The summed E-state index contributed by atoms with van der Waals surface area (Å²) >= 11 is 0. The summed E-state index contributed by atoms with van der Waals surface area (Å²) in [5, 5.41) is 16.8. The fourth-order valence-electron chi connectivity index (χ4n) is 2.42. The number of amides is 1. The van der Waals surface area contributed by atoms with E-state index in [1.165, 1.54) is 19.0 Å². The number of hydrogen-bond donors (Lipinski definition) is 2. The van der Waals surface area contributed by atoms with Crippen LogP contribution in [0.3, 0.4) is 0 Å². The molecule has 2 aromatic rings. The number of carbonyl (C=O) groups is 1. The Kier molecular flexibility index (Phi) is 5.27. The number of aliphatic hydroxyl groups is 1. The van der Waals surface area contributed by atoms with Crippen LogP contribution in [0.4, 0.5) is 0 Å². The van der Waals surface area contributed by atoms with Gasteiger partial charge in [0.15, 0.2) is 0 Å². The Morgan fingerprint density at radius 3 is 3.00 bits per heavy atom. The molecule has 3 rings (SSSR count). The second-order valence-corrected chi connectivity index (χ2v) is 6.30. The molecular formula is C18H23N3O3. The lowest BCUT2D eigenvalue weighted by Gasteiger charge is -2.11. The zero-order chi connectivity index (χ0) is 16.9. The Balaban J connectivity index is 1.49. The van der Waals surface area contributed by atoms with Gasteiger partial charge in [-0.2, -0.15) is 5.10 Å². The van der Waals surface area contributed by atoms with Crippen molar-refractivity contribution in [3.05, 3.63) is 47.8 Å². The van der Waals surface area contributed by atoms with Crippen LogP contribution in [0.15, 0.2) is 36.7 Å². The molecule has 6 heteroatoms. The van der Waals surface area contributed by atoms with Crippen LogP contribution in [0.25, 0.3) is 5.69 Å². The van der Waals surface area contributed by atoms with Crippen molar-refractivity contribution < 1.29 is 14.6 Å². The Morgan fingerprint density at radius 2 is 2.25 bits per heavy atom. The van der Waals surface area contributed by atoms with Crippen molar-refractivity contribution in [2.24, 2.45) is 5.92 Å². The molecule has 1 fully saturated rings. The van der Waals surface area contributed by atoms with Gasteiger partial charge in [-0.15, -0.1) is 0 Å². The highest BCUT2D eigenvalue weighted by atomic mass is 16.5. The van der Waals surface area contributed by atoms with Crippen LogP contribution in [0.5, 0.6) is 0 Å². The minimum atomic E-state index is -0.695. The maximum absolute atomic E-state index is 12.2. The molecule has 2 N–H and O–H groups in total. The van der Waals surface area contributed by atoms with Crippen molar-refractivity contribution in [3.8, 4) is 5.69 Å². The van der Waals surface area contributed by atoms with Gasteiger partial charge in [-0.05, 0) is 37.3 Å². The fraction of sp³-hybridized carbons (Fsp3) is 0.444.